The standard InChI is InChI=1S/C17H25N5O/c1-5-15-21-16(23-22-15)14-8-6-13(7-9-14)10-11-19-17(18-4)20-12(2)3/h6-9,12H,5,10-11H2,1-4H3,(H2,18,19,20). The van der Waals surface area contributed by atoms with E-state index in [1.165, 1.54) is 5.56 Å². The topological polar surface area (TPSA) is 75.3 Å². The van der Waals surface area contributed by atoms with Crippen LogP contribution in [0.3, 0.4) is 0 Å². The minimum atomic E-state index is 0.364. The van der Waals surface area contributed by atoms with Gasteiger partial charge in [0.05, 0.1) is 0 Å². The molecule has 0 aliphatic carbocycles. The first-order valence-electron chi connectivity index (χ1n) is 8.01. The Balaban J connectivity index is 1.87. The Bertz CT molecular complexity index is 631. The molecule has 0 aliphatic heterocycles. The van der Waals surface area contributed by atoms with Gasteiger partial charge in [-0.05, 0) is 38.0 Å². The van der Waals surface area contributed by atoms with E-state index in [0.717, 1.165) is 36.7 Å². The molecule has 1 aromatic carbocycles. The van der Waals surface area contributed by atoms with E-state index in [1.807, 2.05) is 19.1 Å². The minimum Gasteiger partial charge on any atom is -0.356 e. The third kappa shape index (κ3) is 5.09. The van der Waals surface area contributed by atoms with Gasteiger partial charge in [0.1, 0.15) is 0 Å². The minimum absolute atomic E-state index is 0.364. The van der Waals surface area contributed by atoms with Crippen molar-refractivity contribution in [3.05, 3.63) is 35.7 Å². The van der Waals surface area contributed by atoms with E-state index in [9.17, 15) is 0 Å². The highest BCUT2D eigenvalue weighted by Gasteiger charge is 2.07. The van der Waals surface area contributed by atoms with E-state index in [4.69, 9.17) is 4.52 Å². The van der Waals surface area contributed by atoms with Crippen LogP contribution in [0.25, 0.3) is 11.5 Å². The van der Waals surface area contributed by atoms with Crippen molar-refractivity contribution in [1.29, 1.82) is 0 Å². The van der Waals surface area contributed by atoms with Crippen LogP contribution in [0.1, 0.15) is 32.2 Å². The molecule has 2 aromatic rings. The Hall–Kier alpha value is -2.37. The molecule has 1 heterocycles. The lowest BCUT2D eigenvalue weighted by atomic mass is 10.1. The van der Waals surface area contributed by atoms with Crippen LogP contribution in [-0.4, -0.2) is 35.7 Å². The van der Waals surface area contributed by atoms with E-state index < -0.39 is 0 Å². The third-order valence-corrected chi connectivity index (χ3v) is 3.34. The molecule has 124 valence electrons. The number of guanidine groups is 1. The van der Waals surface area contributed by atoms with Gasteiger partial charge in [-0.15, -0.1) is 0 Å². The molecule has 0 aliphatic rings. The van der Waals surface area contributed by atoms with Crippen LogP contribution in [0.2, 0.25) is 0 Å². The van der Waals surface area contributed by atoms with Crippen LogP contribution in [0.4, 0.5) is 0 Å². The molecule has 6 heteroatoms. The lowest BCUT2D eigenvalue weighted by molar-refractivity contribution is 0.423. The number of rotatable bonds is 6. The maximum absolute atomic E-state index is 5.25. The van der Waals surface area contributed by atoms with E-state index in [0.29, 0.717) is 11.9 Å². The Kier molecular flexibility index (Phi) is 6.14. The average Bonchev–Trinajstić information content (AvgIpc) is 3.03. The Labute approximate surface area is 137 Å². The van der Waals surface area contributed by atoms with Gasteiger partial charge in [0.15, 0.2) is 11.8 Å². The fourth-order valence-corrected chi connectivity index (χ4v) is 2.12. The summed E-state index contributed by atoms with van der Waals surface area (Å²) in [5.74, 6) is 2.14. The van der Waals surface area contributed by atoms with Crippen molar-refractivity contribution in [3.8, 4) is 11.5 Å². The maximum atomic E-state index is 5.25. The summed E-state index contributed by atoms with van der Waals surface area (Å²) in [5.41, 5.74) is 2.20. The summed E-state index contributed by atoms with van der Waals surface area (Å²) in [4.78, 5) is 8.53. The van der Waals surface area contributed by atoms with Crippen LogP contribution in [0.5, 0.6) is 0 Å². The molecule has 0 amide bonds. The molecule has 0 atom stereocenters. The van der Waals surface area contributed by atoms with Crippen LogP contribution in [-0.2, 0) is 12.8 Å². The molecule has 0 fully saturated rings. The fraction of sp³-hybridized carbons (Fsp3) is 0.471. The number of nitrogens with one attached hydrogen (secondary N) is 2. The molecule has 0 radical (unpaired) electrons. The summed E-state index contributed by atoms with van der Waals surface area (Å²) in [6.45, 7) is 7.01. The van der Waals surface area contributed by atoms with Gasteiger partial charge in [-0.2, -0.15) is 4.98 Å². The number of aryl methyl sites for hydroxylation is 1. The molecule has 2 N–H and O–H groups in total. The van der Waals surface area contributed by atoms with Crippen molar-refractivity contribution in [1.82, 2.24) is 20.8 Å². The predicted molar refractivity (Wildman–Crippen MR) is 92.4 cm³/mol. The largest absolute Gasteiger partial charge is 0.356 e. The number of nitrogens with zero attached hydrogens (tertiary/aromatic N) is 3. The SMILES string of the molecule is CCc1noc(-c2ccc(CCNC(=NC)NC(C)C)cc2)n1. The highest BCUT2D eigenvalue weighted by atomic mass is 16.5. The molecule has 0 spiro atoms. The summed E-state index contributed by atoms with van der Waals surface area (Å²) in [6.07, 6.45) is 1.70. The molecular formula is C17H25N5O. The zero-order valence-corrected chi connectivity index (χ0v) is 14.3. The third-order valence-electron chi connectivity index (χ3n) is 3.34. The second kappa shape index (κ2) is 8.31. The molecule has 0 unspecified atom stereocenters. The molecule has 2 rings (SSSR count). The average molecular weight is 315 g/mol. The highest BCUT2D eigenvalue weighted by molar-refractivity contribution is 5.79. The second-order valence-corrected chi connectivity index (χ2v) is 5.61. The molecule has 1 aromatic heterocycles. The van der Waals surface area contributed by atoms with Gasteiger partial charge in [-0.3, -0.25) is 4.99 Å². The van der Waals surface area contributed by atoms with Gasteiger partial charge < -0.3 is 15.2 Å². The smallest absolute Gasteiger partial charge is 0.257 e. The van der Waals surface area contributed by atoms with Gasteiger partial charge in [0, 0.05) is 31.6 Å². The van der Waals surface area contributed by atoms with E-state index in [-0.39, 0.29) is 0 Å². The Morgan fingerprint density at radius 3 is 2.57 bits per heavy atom. The van der Waals surface area contributed by atoms with Crippen LogP contribution >= 0.6 is 0 Å². The van der Waals surface area contributed by atoms with Crippen molar-refractivity contribution in [2.45, 2.75) is 39.7 Å². The van der Waals surface area contributed by atoms with E-state index >= 15 is 0 Å². The summed E-state index contributed by atoms with van der Waals surface area (Å²) in [5, 5.41) is 10.5. The van der Waals surface area contributed by atoms with Crippen molar-refractivity contribution >= 4 is 5.96 Å². The van der Waals surface area contributed by atoms with Gasteiger partial charge in [0.2, 0.25) is 0 Å². The number of aliphatic imine (C=N–C) groups is 1. The summed E-state index contributed by atoms with van der Waals surface area (Å²) in [7, 11) is 1.78. The fourth-order valence-electron chi connectivity index (χ4n) is 2.12. The van der Waals surface area contributed by atoms with Gasteiger partial charge in [-0.25, -0.2) is 0 Å². The lowest BCUT2D eigenvalue weighted by Gasteiger charge is -2.14. The molecule has 0 saturated carbocycles. The van der Waals surface area contributed by atoms with Crippen LogP contribution in [0, 0.1) is 0 Å². The first-order chi connectivity index (χ1) is 11.1. The number of benzene rings is 1. The Morgan fingerprint density at radius 2 is 2.00 bits per heavy atom. The summed E-state index contributed by atoms with van der Waals surface area (Å²) >= 11 is 0. The van der Waals surface area contributed by atoms with Crippen molar-refractivity contribution in [3.63, 3.8) is 0 Å². The molecule has 6 nitrogen and oxygen atoms in total. The molecule has 23 heavy (non-hydrogen) atoms. The van der Waals surface area contributed by atoms with E-state index in [2.05, 4.69) is 51.7 Å². The van der Waals surface area contributed by atoms with Crippen molar-refractivity contribution in [2.24, 2.45) is 4.99 Å². The second-order valence-electron chi connectivity index (χ2n) is 5.61. The number of hydrogen-bond acceptors (Lipinski definition) is 4. The molecular weight excluding hydrogens is 290 g/mol. The first-order valence-corrected chi connectivity index (χ1v) is 8.01. The van der Waals surface area contributed by atoms with Crippen LogP contribution < -0.4 is 10.6 Å². The van der Waals surface area contributed by atoms with Gasteiger partial charge in [-0.1, -0.05) is 24.2 Å². The lowest BCUT2D eigenvalue weighted by Crippen LogP contribution is -2.41. The normalized spacial score (nSPS) is 11.8. The molecule has 0 bridgehead atoms. The zero-order chi connectivity index (χ0) is 16.7. The van der Waals surface area contributed by atoms with Gasteiger partial charge in [0.25, 0.3) is 5.89 Å². The summed E-state index contributed by atoms with van der Waals surface area (Å²) in [6, 6.07) is 8.58. The number of aromatic nitrogens is 2. The van der Waals surface area contributed by atoms with Gasteiger partial charge >= 0.3 is 0 Å². The van der Waals surface area contributed by atoms with Crippen molar-refractivity contribution < 1.29 is 4.52 Å². The monoisotopic (exact) mass is 315 g/mol. The quantitative estimate of drug-likeness (QED) is 0.632. The number of hydrogen-bond donors (Lipinski definition) is 2. The highest BCUT2D eigenvalue weighted by Crippen LogP contribution is 2.18. The van der Waals surface area contributed by atoms with E-state index in [1.54, 1.807) is 7.05 Å². The Morgan fingerprint density at radius 1 is 1.26 bits per heavy atom. The molecule has 0 saturated heterocycles. The predicted octanol–water partition coefficient (Wildman–Crippen LogP) is 2.41. The zero-order valence-electron chi connectivity index (χ0n) is 14.3. The van der Waals surface area contributed by atoms with Crippen LogP contribution in [0.15, 0.2) is 33.8 Å². The van der Waals surface area contributed by atoms with Crippen molar-refractivity contribution in [2.75, 3.05) is 13.6 Å². The summed E-state index contributed by atoms with van der Waals surface area (Å²) < 4.78 is 5.25. The first kappa shape index (κ1) is 17.0. The maximum Gasteiger partial charge on any atom is 0.257 e.